The number of nitrogens with one attached hydrogen (secondary N) is 1. The Hall–Kier alpha value is -2.11. The maximum Gasteiger partial charge on any atom is 0.163 e. The second-order valence-electron chi connectivity index (χ2n) is 7.34. The highest BCUT2D eigenvalue weighted by Gasteiger charge is 2.36. The van der Waals surface area contributed by atoms with E-state index >= 15 is 0 Å². The maximum atomic E-state index is 10.8. The number of fused-ring (bicyclic) bond motifs is 3. The minimum atomic E-state index is -0.689. The molecule has 1 fully saturated rings. The van der Waals surface area contributed by atoms with Crippen molar-refractivity contribution in [1.82, 2.24) is 14.5 Å². The Morgan fingerprint density at radius 2 is 1.96 bits per heavy atom. The van der Waals surface area contributed by atoms with Gasteiger partial charge in [-0.05, 0) is 24.8 Å². The first-order chi connectivity index (χ1) is 12.7. The second-order valence-corrected chi connectivity index (χ2v) is 7.70. The van der Waals surface area contributed by atoms with Crippen molar-refractivity contribution in [2.24, 2.45) is 0 Å². The van der Waals surface area contributed by atoms with E-state index in [0.29, 0.717) is 16.8 Å². The van der Waals surface area contributed by atoms with Crippen LogP contribution in [0.4, 0.5) is 5.69 Å². The van der Waals surface area contributed by atoms with Crippen LogP contribution in [0.2, 0.25) is 5.15 Å². The summed E-state index contributed by atoms with van der Waals surface area (Å²) in [6.45, 7) is 0. The van der Waals surface area contributed by atoms with Gasteiger partial charge in [0.1, 0.15) is 16.8 Å². The van der Waals surface area contributed by atoms with Gasteiger partial charge in [-0.25, -0.2) is 9.97 Å². The van der Waals surface area contributed by atoms with Crippen LogP contribution in [0, 0.1) is 0 Å². The number of hydrogen-bond acceptors (Lipinski definition) is 4. The lowest BCUT2D eigenvalue weighted by Crippen LogP contribution is -2.23. The summed E-state index contributed by atoms with van der Waals surface area (Å²) in [5, 5.41) is 14.7. The van der Waals surface area contributed by atoms with Crippen molar-refractivity contribution in [3.63, 3.8) is 0 Å². The molecule has 2 unspecified atom stereocenters. The van der Waals surface area contributed by atoms with Crippen molar-refractivity contribution in [2.75, 3.05) is 5.32 Å². The van der Waals surface area contributed by atoms with Crippen LogP contribution in [0.1, 0.15) is 49.0 Å². The highest BCUT2D eigenvalue weighted by Crippen LogP contribution is 2.44. The molecule has 0 radical (unpaired) electrons. The van der Waals surface area contributed by atoms with Gasteiger partial charge in [-0.1, -0.05) is 54.8 Å². The van der Waals surface area contributed by atoms with Crippen molar-refractivity contribution in [3.05, 3.63) is 52.9 Å². The van der Waals surface area contributed by atoms with Gasteiger partial charge in [0, 0.05) is 11.6 Å². The summed E-state index contributed by atoms with van der Waals surface area (Å²) >= 11 is 6.50. The highest BCUT2D eigenvalue weighted by molar-refractivity contribution is 6.31. The molecule has 0 saturated heterocycles. The predicted octanol–water partition coefficient (Wildman–Crippen LogP) is 4.27. The Kier molecular flexibility index (Phi) is 3.87. The normalized spacial score (nSPS) is 22.7. The van der Waals surface area contributed by atoms with E-state index in [9.17, 15) is 5.11 Å². The molecule has 2 aliphatic rings. The topological polar surface area (TPSA) is 63.0 Å². The van der Waals surface area contributed by atoms with E-state index in [1.165, 1.54) is 18.4 Å². The average molecular weight is 369 g/mol. The van der Waals surface area contributed by atoms with E-state index in [0.717, 1.165) is 36.1 Å². The van der Waals surface area contributed by atoms with Gasteiger partial charge in [0.05, 0.1) is 18.1 Å². The number of rotatable bonds is 3. The number of aromatic nitrogens is 3. The molecule has 1 saturated carbocycles. The number of imidazole rings is 1. The summed E-state index contributed by atoms with van der Waals surface area (Å²) in [4.78, 5) is 9.23. The Morgan fingerprint density at radius 3 is 2.73 bits per heavy atom. The van der Waals surface area contributed by atoms with Crippen LogP contribution in [0.3, 0.4) is 0 Å². The fourth-order valence-electron chi connectivity index (χ4n) is 4.39. The fourth-order valence-corrected chi connectivity index (χ4v) is 4.67. The summed E-state index contributed by atoms with van der Waals surface area (Å²) < 4.78 is 2.16. The van der Waals surface area contributed by atoms with E-state index < -0.39 is 6.10 Å². The molecule has 2 aromatic heterocycles. The molecule has 3 heterocycles. The maximum absolute atomic E-state index is 10.8. The molecule has 1 aromatic carbocycles. The summed E-state index contributed by atoms with van der Waals surface area (Å²) in [5.74, 6) is 0. The van der Waals surface area contributed by atoms with Crippen LogP contribution in [-0.2, 0) is 6.42 Å². The molecule has 2 N–H and O–H groups in total. The summed E-state index contributed by atoms with van der Waals surface area (Å²) in [5.41, 5.74) is 4.32. The first kappa shape index (κ1) is 16.1. The largest absolute Gasteiger partial charge is 0.386 e. The van der Waals surface area contributed by atoms with Crippen molar-refractivity contribution in [2.45, 2.75) is 50.3 Å². The van der Waals surface area contributed by atoms with Crippen molar-refractivity contribution in [1.29, 1.82) is 0 Å². The second kappa shape index (κ2) is 6.25. The number of nitrogens with zero attached hydrogens (tertiary/aromatic N) is 3. The number of hydrogen-bond donors (Lipinski definition) is 2. The third-order valence-electron chi connectivity index (χ3n) is 5.72. The van der Waals surface area contributed by atoms with Crippen LogP contribution in [0.5, 0.6) is 0 Å². The quantitative estimate of drug-likeness (QED) is 0.678. The lowest BCUT2D eigenvalue weighted by molar-refractivity contribution is 0.163. The van der Waals surface area contributed by atoms with Gasteiger partial charge in [0.15, 0.2) is 5.65 Å². The first-order valence-corrected chi connectivity index (χ1v) is 9.64. The number of anilines is 1. The van der Waals surface area contributed by atoms with E-state index in [1.807, 2.05) is 24.5 Å². The number of aliphatic hydroxyl groups is 1. The van der Waals surface area contributed by atoms with Crippen LogP contribution >= 0.6 is 11.6 Å². The van der Waals surface area contributed by atoms with Crippen LogP contribution in [-0.4, -0.2) is 25.7 Å². The molecule has 0 bridgehead atoms. The molecular formula is C20H21ClN4O. The lowest BCUT2D eigenvalue weighted by Gasteiger charge is -2.15. The summed E-state index contributed by atoms with van der Waals surface area (Å²) in [7, 11) is 0. The average Bonchev–Trinajstić information content (AvgIpc) is 3.36. The zero-order valence-electron chi connectivity index (χ0n) is 14.4. The van der Waals surface area contributed by atoms with Crippen molar-refractivity contribution in [3.8, 4) is 0 Å². The van der Waals surface area contributed by atoms with Gasteiger partial charge >= 0.3 is 0 Å². The number of aliphatic hydroxyl groups excluding tert-OH is 1. The summed E-state index contributed by atoms with van der Waals surface area (Å²) in [6, 6.07) is 10.5. The molecule has 134 valence electrons. The van der Waals surface area contributed by atoms with Crippen LogP contribution in [0.25, 0.3) is 11.2 Å². The molecule has 26 heavy (non-hydrogen) atoms. The molecule has 3 aromatic rings. The Labute approximate surface area is 157 Å². The summed E-state index contributed by atoms with van der Waals surface area (Å²) in [6.07, 6.45) is 6.73. The SMILES string of the molecule is OC1c2c(Cl)nc3c(ncn3C3CCCC3)c2NC1Cc1ccccc1. The molecule has 2 atom stereocenters. The molecule has 0 spiro atoms. The molecule has 1 aliphatic heterocycles. The third kappa shape index (κ3) is 2.49. The number of benzene rings is 1. The van der Waals surface area contributed by atoms with Crippen LogP contribution < -0.4 is 5.32 Å². The number of pyridine rings is 1. The zero-order valence-corrected chi connectivity index (χ0v) is 15.2. The highest BCUT2D eigenvalue weighted by atomic mass is 35.5. The van der Waals surface area contributed by atoms with Crippen molar-refractivity contribution < 1.29 is 5.11 Å². The van der Waals surface area contributed by atoms with E-state index in [2.05, 4.69) is 32.0 Å². The smallest absolute Gasteiger partial charge is 0.163 e. The van der Waals surface area contributed by atoms with Gasteiger partial charge in [0.25, 0.3) is 0 Å². The molecular weight excluding hydrogens is 348 g/mol. The molecule has 0 amide bonds. The number of halogens is 1. The van der Waals surface area contributed by atoms with Gasteiger partial charge in [0.2, 0.25) is 0 Å². The molecule has 1 aliphatic carbocycles. The van der Waals surface area contributed by atoms with E-state index in [-0.39, 0.29) is 6.04 Å². The minimum absolute atomic E-state index is 0.131. The molecule has 6 heteroatoms. The van der Waals surface area contributed by atoms with Gasteiger partial charge in [-0.15, -0.1) is 0 Å². The monoisotopic (exact) mass is 368 g/mol. The van der Waals surface area contributed by atoms with Crippen molar-refractivity contribution >= 4 is 28.5 Å². The molecule has 5 nitrogen and oxygen atoms in total. The Balaban J connectivity index is 1.54. The first-order valence-electron chi connectivity index (χ1n) is 9.27. The Bertz CT molecular complexity index is 949. The van der Waals surface area contributed by atoms with Crippen LogP contribution in [0.15, 0.2) is 36.7 Å². The fraction of sp³-hybridized carbons (Fsp3) is 0.400. The Morgan fingerprint density at radius 1 is 1.19 bits per heavy atom. The van der Waals surface area contributed by atoms with Gasteiger partial charge in [-0.2, -0.15) is 0 Å². The third-order valence-corrected chi connectivity index (χ3v) is 6.01. The zero-order chi connectivity index (χ0) is 17.7. The van der Waals surface area contributed by atoms with Gasteiger partial charge in [-0.3, -0.25) is 0 Å². The minimum Gasteiger partial charge on any atom is -0.386 e. The molecule has 5 rings (SSSR count). The lowest BCUT2D eigenvalue weighted by atomic mass is 10.0. The predicted molar refractivity (Wildman–Crippen MR) is 103 cm³/mol. The van der Waals surface area contributed by atoms with E-state index in [4.69, 9.17) is 11.6 Å². The van der Waals surface area contributed by atoms with Gasteiger partial charge < -0.3 is 15.0 Å². The van der Waals surface area contributed by atoms with E-state index in [1.54, 1.807) is 0 Å². The standard InChI is InChI=1S/C20H21ClN4O/c21-19-15-16(23-14(18(15)26)10-12-6-2-1-3-7-12)17-20(24-19)25(11-22-17)13-8-4-5-9-13/h1-3,6-7,11,13-14,18,23,26H,4-5,8-10H2.